The molecular weight excluding hydrogens is 356 g/mol. The fourth-order valence-electron chi connectivity index (χ4n) is 2.84. The average molecular weight is 377 g/mol. The summed E-state index contributed by atoms with van der Waals surface area (Å²) in [6.07, 6.45) is 1.07. The van der Waals surface area contributed by atoms with Crippen molar-refractivity contribution in [3.05, 3.63) is 29.8 Å². The number of amides is 2. The molecule has 0 saturated carbocycles. The Morgan fingerprint density at radius 3 is 2.92 bits per heavy atom. The van der Waals surface area contributed by atoms with Crippen molar-refractivity contribution >= 4 is 45.7 Å². The third kappa shape index (κ3) is 4.01. The van der Waals surface area contributed by atoms with Gasteiger partial charge >= 0.3 is 0 Å². The van der Waals surface area contributed by atoms with Crippen LogP contribution in [0.25, 0.3) is 0 Å². The van der Waals surface area contributed by atoms with Crippen LogP contribution in [-0.2, 0) is 16.0 Å². The van der Waals surface area contributed by atoms with Gasteiger partial charge in [-0.2, -0.15) is 0 Å². The van der Waals surface area contributed by atoms with Gasteiger partial charge in [0.05, 0.1) is 5.92 Å². The summed E-state index contributed by atoms with van der Waals surface area (Å²) in [4.78, 5) is 26.6. The molecule has 1 aromatic heterocycles. The van der Waals surface area contributed by atoms with E-state index in [1.165, 1.54) is 11.3 Å². The SMILES string of the molecule is CCSc1nnc(NC(=O)[C@@H]2CC(=O)N(c3ccccc3CC)C2)s1. The van der Waals surface area contributed by atoms with Gasteiger partial charge < -0.3 is 10.2 Å². The lowest BCUT2D eigenvalue weighted by Crippen LogP contribution is -2.28. The molecule has 6 nitrogen and oxygen atoms in total. The predicted octanol–water partition coefficient (Wildman–Crippen LogP) is 3.20. The Labute approximate surface area is 155 Å². The monoisotopic (exact) mass is 376 g/mol. The van der Waals surface area contributed by atoms with Crippen LogP contribution in [0.3, 0.4) is 0 Å². The highest BCUT2D eigenvalue weighted by molar-refractivity contribution is 8.01. The Kier molecular flexibility index (Phi) is 5.70. The molecule has 25 heavy (non-hydrogen) atoms. The van der Waals surface area contributed by atoms with Crippen LogP contribution >= 0.6 is 23.1 Å². The maximum absolute atomic E-state index is 12.5. The first-order chi connectivity index (χ1) is 12.1. The number of aryl methyl sites for hydroxylation is 1. The van der Waals surface area contributed by atoms with Crippen LogP contribution in [0.5, 0.6) is 0 Å². The number of benzene rings is 1. The normalized spacial score (nSPS) is 17.1. The van der Waals surface area contributed by atoms with E-state index in [1.54, 1.807) is 16.7 Å². The molecule has 1 aromatic carbocycles. The first kappa shape index (κ1) is 17.9. The number of carbonyl (C=O) groups excluding carboxylic acids is 2. The van der Waals surface area contributed by atoms with Crippen molar-refractivity contribution in [1.29, 1.82) is 0 Å². The van der Waals surface area contributed by atoms with Gasteiger partial charge in [-0.3, -0.25) is 9.59 Å². The summed E-state index contributed by atoms with van der Waals surface area (Å²) >= 11 is 2.95. The summed E-state index contributed by atoms with van der Waals surface area (Å²) in [7, 11) is 0. The van der Waals surface area contributed by atoms with E-state index in [1.807, 2.05) is 31.2 Å². The van der Waals surface area contributed by atoms with E-state index in [-0.39, 0.29) is 24.2 Å². The van der Waals surface area contributed by atoms with Gasteiger partial charge in [0.25, 0.3) is 0 Å². The van der Waals surface area contributed by atoms with Gasteiger partial charge in [0.1, 0.15) is 0 Å². The van der Waals surface area contributed by atoms with Crippen molar-refractivity contribution in [2.24, 2.45) is 5.92 Å². The second kappa shape index (κ2) is 7.97. The molecule has 2 aromatic rings. The maximum atomic E-state index is 12.5. The summed E-state index contributed by atoms with van der Waals surface area (Å²) in [5.74, 6) is 0.351. The lowest BCUT2D eigenvalue weighted by molar-refractivity contribution is -0.122. The summed E-state index contributed by atoms with van der Waals surface area (Å²) in [5.41, 5.74) is 2.02. The Balaban J connectivity index is 1.68. The highest BCUT2D eigenvalue weighted by Gasteiger charge is 2.36. The smallest absolute Gasteiger partial charge is 0.231 e. The molecule has 0 unspecified atom stereocenters. The summed E-state index contributed by atoms with van der Waals surface area (Å²) in [5, 5.41) is 11.3. The summed E-state index contributed by atoms with van der Waals surface area (Å²) < 4.78 is 0.832. The first-order valence-corrected chi connectivity index (χ1v) is 10.1. The minimum Gasteiger partial charge on any atom is -0.311 e. The molecule has 1 saturated heterocycles. The number of thioether (sulfide) groups is 1. The van der Waals surface area contributed by atoms with Gasteiger partial charge in [0, 0.05) is 18.7 Å². The van der Waals surface area contributed by atoms with E-state index in [0.717, 1.165) is 27.8 Å². The van der Waals surface area contributed by atoms with Crippen LogP contribution in [0.2, 0.25) is 0 Å². The predicted molar refractivity (Wildman–Crippen MR) is 101 cm³/mol. The topological polar surface area (TPSA) is 75.2 Å². The molecule has 3 rings (SSSR count). The number of rotatable bonds is 6. The lowest BCUT2D eigenvalue weighted by atomic mass is 10.1. The van der Waals surface area contributed by atoms with Crippen LogP contribution < -0.4 is 10.2 Å². The quantitative estimate of drug-likeness (QED) is 0.619. The minimum absolute atomic E-state index is 0.0134. The van der Waals surface area contributed by atoms with E-state index >= 15 is 0 Å². The number of hydrogen-bond donors (Lipinski definition) is 1. The minimum atomic E-state index is -0.372. The molecule has 0 spiro atoms. The van der Waals surface area contributed by atoms with E-state index in [2.05, 4.69) is 22.4 Å². The molecule has 132 valence electrons. The molecule has 1 fully saturated rings. The molecule has 1 atom stereocenters. The number of para-hydroxylation sites is 1. The highest BCUT2D eigenvalue weighted by atomic mass is 32.2. The van der Waals surface area contributed by atoms with Crippen molar-refractivity contribution in [2.45, 2.75) is 31.0 Å². The molecule has 0 radical (unpaired) electrons. The maximum Gasteiger partial charge on any atom is 0.231 e. The van der Waals surface area contributed by atoms with Gasteiger partial charge in [-0.25, -0.2) is 0 Å². The van der Waals surface area contributed by atoms with Crippen LogP contribution in [0, 0.1) is 5.92 Å². The van der Waals surface area contributed by atoms with Crippen molar-refractivity contribution in [2.75, 3.05) is 22.5 Å². The third-order valence-corrected chi connectivity index (χ3v) is 5.92. The average Bonchev–Trinajstić information content (AvgIpc) is 3.21. The molecule has 1 aliphatic rings. The summed E-state index contributed by atoms with van der Waals surface area (Å²) in [6, 6.07) is 7.85. The van der Waals surface area contributed by atoms with E-state index < -0.39 is 0 Å². The van der Waals surface area contributed by atoms with Crippen molar-refractivity contribution < 1.29 is 9.59 Å². The van der Waals surface area contributed by atoms with Crippen molar-refractivity contribution in [3.8, 4) is 0 Å². The zero-order chi connectivity index (χ0) is 17.8. The molecule has 8 heteroatoms. The van der Waals surface area contributed by atoms with E-state index in [0.29, 0.717) is 11.7 Å². The third-order valence-electron chi connectivity index (χ3n) is 4.06. The summed E-state index contributed by atoms with van der Waals surface area (Å²) in [6.45, 7) is 4.50. The molecule has 0 aliphatic carbocycles. The van der Waals surface area contributed by atoms with Crippen LogP contribution in [0.1, 0.15) is 25.8 Å². The Morgan fingerprint density at radius 1 is 1.36 bits per heavy atom. The van der Waals surface area contributed by atoms with E-state index in [4.69, 9.17) is 0 Å². The van der Waals surface area contributed by atoms with Gasteiger partial charge in [0.15, 0.2) is 4.34 Å². The number of aromatic nitrogens is 2. The molecule has 1 N–H and O–H groups in total. The van der Waals surface area contributed by atoms with Gasteiger partial charge in [0.2, 0.25) is 16.9 Å². The first-order valence-electron chi connectivity index (χ1n) is 8.27. The Bertz CT molecular complexity index is 778. The standard InChI is InChI=1S/C17H20N4O2S2/c1-3-11-7-5-6-8-13(11)21-10-12(9-14(21)22)15(23)18-16-19-20-17(25-16)24-4-2/h5-8,12H,3-4,9-10H2,1-2H3,(H,18,19,23)/t12-/m1/s1. The van der Waals surface area contributed by atoms with Crippen molar-refractivity contribution in [3.63, 3.8) is 0 Å². The number of nitrogens with one attached hydrogen (secondary N) is 1. The lowest BCUT2D eigenvalue weighted by Gasteiger charge is -2.19. The highest BCUT2D eigenvalue weighted by Crippen LogP contribution is 2.30. The number of nitrogens with zero attached hydrogens (tertiary/aromatic N) is 3. The van der Waals surface area contributed by atoms with E-state index in [9.17, 15) is 9.59 Å². The zero-order valence-corrected chi connectivity index (χ0v) is 15.8. The number of anilines is 2. The second-order valence-electron chi connectivity index (χ2n) is 5.68. The van der Waals surface area contributed by atoms with Gasteiger partial charge in [-0.15, -0.1) is 10.2 Å². The van der Waals surface area contributed by atoms with Gasteiger partial charge in [-0.05, 0) is 23.8 Å². The number of hydrogen-bond acceptors (Lipinski definition) is 6. The van der Waals surface area contributed by atoms with Gasteiger partial charge in [-0.1, -0.05) is 55.1 Å². The fraction of sp³-hybridized carbons (Fsp3) is 0.412. The molecular formula is C17H20N4O2S2. The Morgan fingerprint density at radius 2 is 2.16 bits per heavy atom. The molecule has 2 amide bonds. The van der Waals surface area contributed by atoms with Crippen LogP contribution in [-0.4, -0.2) is 34.3 Å². The molecule has 0 bridgehead atoms. The van der Waals surface area contributed by atoms with Crippen LogP contribution in [0.15, 0.2) is 28.6 Å². The largest absolute Gasteiger partial charge is 0.311 e. The molecule has 2 heterocycles. The zero-order valence-electron chi connectivity index (χ0n) is 14.2. The fourth-order valence-corrected chi connectivity index (χ4v) is 4.49. The second-order valence-corrected chi connectivity index (χ2v) is 8.17. The Hall–Kier alpha value is -1.93. The van der Waals surface area contributed by atoms with Crippen LogP contribution in [0.4, 0.5) is 10.8 Å². The molecule has 1 aliphatic heterocycles. The van der Waals surface area contributed by atoms with Crippen molar-refractivity contribution in [1.82, 2.24) is 10.2 Å². The number of carbonyl (C=O) groups is 2.